The lowest BCUT2D eigenvalue weighted by Gasteiger charge is -2.10. The molecule has 2 aromatic rings. The third kappa shape index (κ3) is 3.17. The minimum atomic E-state index is -3.68. The standard InChI is InChI=1S/C13H17N3O3S/c1-9-6-12(20(14,17)18)4-5-13(9)19-8-11-7-10(2)15-16(11)3/h4-7H,8H2,1-3H3,(H2,14,17,18). The van der Waals surface area contributed by atoms with E-state index in [2.05, 4.69) is 5.10 Å². The Morgan fingerprint density at radius 3 is 2.50 bits per heavy atom. The van der Waals surface area contributed by atoms with Crippen LogP contribution in [0.1, 0.15) is 17.0 Å². The van der Waals surface area contributed by atoms with E-state index in [-0.39, 0.29) is 4.90 Å². The molecule has 0 aliphatic rings. The zero-order chi connectivity index (χ0) is 14.9. The number of aromatic nitrogens is 2. The molecule has 6 nitrogen and oxygen atoms in total. The van der Waals surface area contributed by atoms with Gasteiger partial charge < -0.3 is 4.74 Å². The number of primary sulfonamides is 1. The molecule has 1 aromatic heterocycles. The van der Waals surface area contributed by atoms with Crippen molar-refractivity contribution in [3.05, 3.63) is 41.2 Å². The molecular weight excluding hydrogens is 278 g/mol. The van der Waals surface area contributed by atoms with Crippen LogP contribution < -0.4 is 9.88 Å². The molecule has 0 aliphatic heterocycles. The molecule has 2 N–H and O–H groups in total. The molecule has 0 fully saturated rings. The zero-order valence-corrected chi connectivity index (χ0v) is 12.4. The fourth-order valence-corrected chi connectivity index (χ4v) is 2.51. The van der Waals surface area contributed by atoms with Gasteiger partial charge in [-0.3, -0.25) is 4.68 Å². The van der Waals surface area contributed by atoms with E-state index in [0.717, 1.165) is 17.0 Å². The number of sulfonamides is 1. The third-order valence-electron chi connectivity index (χ3n) is 2.95. The molecule has 20 heavy (non-hydrogen) atoms. The van der Waals surface area contributed by atoms with E-state index in [0.29, 0.717) is 12.4 Å². The largest absolute Gasteiger partial charge is 0.487 e. The summed E-state index contributed by atoms with van der Waals surface area (Å²) in [6, 6.07) is 6.48. The first-order valence-electron chi connectivity index (χ1n) is 6.03. The Bertz CT molecular complexity index is 735. The summed E-state index contributed by atoms with van der Waals surface area (Å²) < 4.78 is 29.9. The number of hydrogen-bond acceptors (Lipinski definition) is 4. The first-order chi connectivity index (χ1) is 9.27. The van der Waals surface area contributed by atoms with Crippen LogP contribution in [0.2, 0.25) is 0 Å². The molecule has 108 valence electrons. The van der Waals surface area contributed by atoms with Crippen molar-refractivity contribution >= 4 is 10.0 Å². The molecule has 0 radical (unpaired) electrons. The van der Waals surface area contributed by atoms with E-state index in [1.54, 1.807) is 17.7 Å². The Morgan fingerprint density at radius 1 is 1.30 bits per heavy atom. The molecule has 0 spiro atoms. The van der Waals surface area contributed by atoms with E-state index in [4.69, 9.17) is 9.88 Å². The van der Waals surface area contributed by atoms with Crippen LogP contribution in [0.3, 0.4) is 0 Å². The Hall–Kier alpha value is -1.86. The molecule has 0 atom stereocenters. The van der Waals surface area contributed by atoms with E-state index in [1.807, 2.05) is 20.0 Å². The fraction of sp³-hybridized carbons (Fsp3) is 0.308. The maximum atomic E-state index is 11.2. The second-order valence-corrected chi connectivity index (χ2v) is 6.22. The number of aryl methyl sites for hydroxylation is 3. The molecule has 0 saturated heterocycles. The van der Waals surface area contributed by atoms with Crippen molar-refractivity contribution < 1.29 is 13.2 Å². The predicted octanol–water partition coefficient (Wildman–Crippen LogP) is 1.26. The Labute approximate surface area is 118 Å². The van der Waals surface area contributed by atoms with Gasteiger partial charge >= 0.3 is 0 Å². The van der Waals surface area contributed by atoms with Crippen LogP contribution in [0.4, 0.5) is 0 Å². The van der Waals surface area contributed by atoms with Crippen LogP contribution in [-0.2, 0) is 23.7 Å². The summed E-state index contributed by atoms with van der Waals surface area (Å²) in [6.45, 7) is 4.06. The normalized spacial score (nSPS) is 11.6. The number of benzene rings is 1. The number of nitrogens with two attached hydrogens (primary N) is 1. The summed E-state index contributed by atoms with van der Waals surface area (Å²) >= 11 is 0. The summed E-state index contributed by atoms with van der Waals surface area (Å²) in [5.74, 6) is 0.622. The second kappa shape index (κ2) is 5.26. The molecular formula is C13H17N3O3S. The summed E-state index contributed by atoms with van der Waals surface area (Å²) in [7, 11) is -1.83. The van der Waals surface area contributed by atoms with E-state index < -0.39 is 10.0 Å². The quantitative estimate of drug-likeness (QED) is 0.920. The molecule has 0 amide bonds. The second-order valence-electron chi connectivity index (χ2n) is 4.66. The molecule has 0 saturated carbocycles. The smallest absolute Gasteiger partial charge is 0.238 e. The van der Waals surface area contributed by atoms with Crippen molar-refractivity contribution in [3.8, 4) is 5.75 Å². The molecule has 1 aromatic carbocycles. The first kappa shape index (κ1) is 14.5. The van der Waals surface area contributed by atoms with Crippen LogP contribution in [-0.4, -0.2) is 18.2 Å². The van der Waals surface area contributed by atoms with E-state index >= 15 is 0 Å². The number of rotatable bonds is 4. The molecule has 0 aliphatic carbocycles. The third-order valence-corrected chi connectivity index (χ3v) is 3.86. The van der Waals surface area contributed by atoms with Crippen LogP contribution >= 0.6 is 0 Å². The van der Waals surface area contributed by atoms with Crippen LogP contribution in [0.15, 0.2) is 29.2 Å². The van der Waals surface area contributed by atoms with Gasteiger partial charge in [-0.25, -0.2) is 13.6 Å². The van der Waals surface area contributed by atoms with Gasteiger partial charge in [-0.2, -0.15) is 5.10 Å². The number of hydrogen-bond donors (Lipinski definition) is 1. The van der Waals surface area contributed by atoms with Crippen molar-refractivity contribution in [1.82, 2.24) is 9.78 Å². The monoisotopic (exact) mass is 295 g/mol. The molecule has 0 bridgehead atoms. The lowest BCUT2D eigenvalue weighted by atomic mass is 10.2. The Balaban J connectivity index is 2.17. The van der Waals surface area contributed by atoms with Gasteiger partial charge in [-0.05, 0) is 43.7 Å². The summed E-state index contributed by atoms with van der Waals surface area (Å²) in [4.78, 5) is 0.0822. The van der Waals surface area contributed by atoms with Crippen LogP contribution in [0.5, 0.6) is 5.75 Å². The summed E-state index contributed by atoms with van der Waals surface area (Å²) in [5.41, 5.74) is 2.58. The molecule has 1 heterocycles. The Morgan fingerprint density at radius 2 is 2.00 bits per heavy atom. The number of ether oxygens (including phenoxy) is 1. The molecule has 2 rings (SSSR count). The van der Waals surface area contributed by atoms with Gasteiger partial charge in [0.2, 0.25) is 10.0 Å². The Kier molecular flexibility index (Phi) is 3.82. The van der Waals surface area contributed by atoms with Gasteiger partial charge in [-0.1, -0.05) is 0 Å². The lowest BCUT2D eigenvalue weighted by Crippen LogP contribution is -2.12. The van der Waals surface area contributed by atoms with Gasteiger partial charge in [-0.15, -0.1) is 0 Å². The minimum Gasteiger partial charge on any atom is -0.487 e. The number of nitrogens with zero attached hydrogens (tertiary/aromatic N) is 2. The highest BCUT2D eigenvalue weighted by molar-refractivity contribution is 7.89. The van der Waals surface area contributed by atoms with Crippen molar-refractivity contribution in [2.45, 2.75) is 25.3 Å². The van der Waals surface area contributed by atoms with E-state index in [1.165, 1.54) is 12.1 Å². The summed E-state index contributed by atoms with van der Waals surface area (Å²) in [6.07, 6.45) is 0. The van der Waals surface area contributed by atoms with Crippen molar-refractivity contribution in [3.63, 3.8) is 0 Å². The van der Waals surface area contributed by atoms with Gasteiger partial charge in [0, 0.05) is 7.05 Å². The average Bonchev–Trinajstić information content (AvgIpc) is 2.65. The summed E-state index contributed by atoms with van der Waals surface area (Å²) in [5, 5.41) is 9.32. The average molecular weight is 295 g/mol. The predicted molar refractivity (Wildman–Crippen MR) is 74.8 cm³/mol. The van der Waals surface area contributed by atoms with Gasteiger partial charge in [0.05, 0.1) is 16.3 Å². The maximum Gasteiger partial charge on any atom is 0.238 e. The fourth-order valence-electron chi connectivity index (χ4n) is 1.91. The van der Waals surface area contributed by atoms with Gasteiger partial charge in [0.25, 0.3) is 0 Å². The lowest BCUT2D eigenvalue weighted by molar-refractivity contribution is 0.292. The minimum absolute atomic E-state index is 0.0822. The SMILES string of the molecule is Cc1cc(COc2ccc(S(N)(=O)=O)cc2C)n(C)n1. The highest BCUT2D eigenvalue weighted by atomic mass is 32.2. The van der Waals surface area contributed by atoms with Crippen LogP contribution in [0, 0.1) is 13.8 Å². The van der Waals surface area contributed by atoms with Gasteiger partial charge in [0.1, 0.15) is 12.4 Å². The molecule has 0 unspecified atom stereocenters. The first-order valence-corrected chi connectivity index (χ1v) is 7.58. The van der Waals surface area contributed by atoms with Crippen molar-refractivity contribution in [2.75, 3.05) is 0 Å². The zero-order valence-electron chi connectivity index (χ0n) is 11.6. The van der Waals surface area contributed by atoms with Crippen LogP contribution in [0.25, 0.3) is 0 Å². The maximum absolute atomic E-state index is 11.2. The highest BCUT2D eigenvalue weighted by Gasteiger charge is 2.11. The topological polar surface area (TPSA) is 87.2 Å². The van der Waals surface area contributed by atoms with Gasteiger partial charge in [0.15, 0.2) is 0 Å². The van der Waals surface area contributed by atoms with Crippen molar-refractivity contribution in [2.24, 2.45) is 12.2 Å². The highest BCUT2D eigenvalue weighted by Crippen LogP contribution is 2.22. The van der Waals surface area contributed by atoms with Crippen molar-refractivity contribution in [1.29, 1.82) is 0 Å². The van der Waals surface area contributed by atoms with E-state index in [9.17, 15) is 8.42 Å². The molecule has 7 heteroatoms.